The lowest BCUT2D eigenvalue weighted by Gasteiger charge is -2.36. The summed E-state index contributed by atoms with van der Waals surface area (Å²) in [5.74, 6) is -2.28. The van der Waals surface area contributed by atoms with Crippen molar-refractivity contribution in [1.29, 1.82) is 0 Å². The second kappa shape index (κ2) is 8.57. The fraction of sp³-hybridized carbons (Fsp3) is 0.667. The van der Waals surface area contributed by atoms with Gasteiger partial charge in [0.05, 0.1) is 12.0 Å². The standard InChI is InChI=1S/C21H30O7/c1-7-11(2)19(23)28-16-10-21(5,25)17(22)9-14(26-6)12(3)8-15-18(16)13(4)20(24)27-15/h7,12,14-16,18,25H,4,8-10H2,1-3,5-6H3/b11-7-/t12-,14+,15-,16-,18+,21-/m1/s1. The Kier molecular flexibility index (Phi) is 6.83. The van der Waals surface area contributed by atoms with Crippen molar-refractivity contribution >= 4 is 17.7 Å². The molecule has 0 spiro atoms. The van der Waals surface area contributed by atoms with Crippen LogP contribution in [0.4, 0.5) is 0 Å². The predicted octanol–water partition coefficient (Wildman–Crippen LogP) is 2.12. The van der Waals surface area contributed by atoms with Gasteiger partial charge in [-0.05, 0) is 33.1 Å². The molecule has 6 atom stereocenters. The van der Waals surface area contributed by atoms with Crippen LogP contribution in [-0.2, 0) is 28.6 Å². The minimum Gasteiger partial charge on any atom is -0.458 e. The predicted molar refractivity (Wildman–Crippen MR) is 101 cm³/mol. The highest BCUT2D eigenvalue weighted by Gasteiger charge is 2.50. The second-order valence-corrected chi connectivity index (χ2v) is 8.00. The van der Waals surface area contributed by atoms with Crippen molar-refractivity contribution in [2.45, 2.75) is 70.9 Å². The number of allylic oxidation sites excluding steroid dienone is 1. The topological polar surface area (TPSA) is 99.1 Å². The summed E-state index contributed by atoms with van der Waals surface area (Å²) in [4.78, 5) is 37.3. The van der Waals surface area contributed by atoms with Crippen LogP contribution in [0, 0.1) is 11.8 Å². The number of hydrogen-bond acceptors (Lipinski definition) is 7. The number of carbonyl (C=O) groups is 3. The van der Waals surface area contributed by atoms with Crippen molar-refractivity contribution in [2.24, 2.45) is 11.8 Å². The molecule has 2 rings (SSSR count). The summed E-state index contributed by atoms with van der Waals surface area (Å²) < 4.78 is 16.6. The Morgan fingerprint density at radius 3 is 2.57 bits per heavy atom. The average molecular weight is 394 g/mol. The van der Waals surface area contributed by atoms with Gasteiger partial charge in [0.25, 0.3) is 0 Å². The molecule has 0 aromatic rings. The number of esters is 2. The molecule has 1 N–H and O–H groups in total. The number of methoxy groups -OCH3 is 1. The van der Waals surface area contributed by atoms with Crippen molar-refractivity contribution in [1.82, 2.24) is 0 Å². The maximum absolute atomic E-state index is 12.7. The van der Waals surface area contributed by atoms with Crippen molar-refractivity contribution in [2.75, 3.05) is 7.11 Å². The van der Waals surface area contributed by atoms with Crippen LogP contribution in [0.5, 0.6) is 0 Å². The minimum absolute atomic E-state index is 0.0193. The highest BCUT2D eigenvalue weighted by molar-refractivity contribution is 5.92. The molecule has 2 fully saturated rings. The van der Waals surface area contributed by atoms with E-state index < -0.39 is 47.6 Å². The van der Waals surface area contributed by atoms with Crippen LogP contribution in [0.1, 0.15) is 47.0 Å². The van der Waals surface area contributed by atoms with Crippen LogP contribution in [0.2, 0.25) is 0 Å². The van der Waals surface area contributed by atoms with Gasteiger partial charge in [-0.15, -0.1) is 0 Å². The molecule has 7 nitrogen and oxygen atoms in total. The molecular formula is C21H30O7. The van der Waals surface area contributed by atoms with Gasteiger partial charge >= 0.3 is 11.9 Å². The van der Waals surface area contributed by atoms with Crippen LogP contribution in [0.3, 0.4) is 0 Å². The van der Waals surface area contributed by atoms with Gasteiger partial charge in [-0.25, -0.2) is 9.59 Å². The van der Waals surface area contributed by atoms with E-state index in [0.717, 1.165) is 0 Å². The quantitative estimate of drug-likeness (QED) is 0.578. The van der Waals surface area contributed by atoms with E-state index in [-0.39, 0.29) is 24.3 Å². The Labute approximate surface area is 165 Å². The third kappa shape index (κ3) is 4.52. The number of rotatable bonds is 3. The number of ether oxygens (including phenoxy) is 3. The summed E-state index contributed by atoms with van der Waals surface area (Å²) >= 11 is 0. The first-order valence-corrected chi connectivity index (χ1v) is 9.54. The zero-order valence-electron chi connectivity index (χ0n) is 17.2. The lowest BCUT2D eigenvalue weighted by Crippen LogP contribution is -2.47. The van der Waals surface area contributed by atoms with E-state index >= 15 is 0 Å². The highest BCUT2D eigenvalue weighted by Crippen LogP contribution is 2.40. The summed E-state index contributed by atoms with van der Waals surface area (Å²) in [6.07, 6.45) is -0.00461. The third-order valence-corrected chi connectivity index (χ3v) is 5.86. The van der Waals surface area contributed by atoms with E-state index in [0.29, 0.717) is 12.0 Å². The molecule has 156 valence electrons. The normalized spacial score (nSPS) is 37.3. The molecule has 1 heterocycles. The smallest absolute Gasteiger partial charge is 0.334 e. The van der Waals surface area contributed by atoms with Gasteiger partial charge in [-0.3, -0.25) is 4.79 Å². The molecule has 2 aliphatic rings. The molecule has 0 radical (unpaired) electrons. The fourth-order valence-electron chi connectivity index (χ4n) is 3.84. The summed E-state index contributed by atoms with van der Waals surface area (Å²) in [7, 11) is 1.51. The molecule has 1 aliphatic carbocycles. The zero-order valence-corrected chi connectivity index (χ0v) is 17.2. The number of aliphatic hydroxyl groups is 1. The second-order valence-electron chi connectivity index (χ2n) is 8.00. The molecular weight excluding hydrogens is 364 g/mol. The molecule has 0 bridgehead atoms. The van der Waals surface area contributed by atoms with Gasteiger partial charge in [-0.1, -0.05) is 19.6 Å². The Morgan fingerprint density at radius 1 is 1.36 bits per heavy atom. The van der Waals surface area contributed by atoms with E-state index in [1.54, 1.807) is 19.9 Å². The summed E-state index contributed by atoms with van der Waals surface area (Å²) in [5, 5.41) is 10.8. The van der Waals surface area contributed by atoms with Crippen molar-refractivity contribution in [3.8, 4) is 0 Å². The van der Waals surface area contributed by atoms with Crippen LogP contribution >= 0.6 is 0 Å². The van der Waals surface area contributed by atoms with Crippen LogP contribution < -0.4 is 0 Å². The molecule has 0 aromatic heterocycles. The third-order valence-electron chi connectivity index (χ3n) is 5.86. The number of Topliss-reactive ketones (excluding diaryl/α,β-unsaturated/α-hetero) is 1. The molecule has 0 aromatic carbocycles. The number of ketones is 1. The highest BCUT2D eigenvalue weighted by atomic mass is 16.6. The molecule has 1 saturated carbocycles. The monoisotopic (exact) mass is 394 g/mol. The SMILES string of the molecule is C=C1C(=O)O[C@@H]2C[C@@H](C)[C@@H](OC)CC(=O)[C@](C)(O)C[C@@H](OC(=O)/C(C)=C\C)[C@@H]12. The van der Waals surface area contributed by atoms with E-state index in [2.05, 4.69) is 6.58 Å². The summed E-state index contributed by atoms with van der Waals surface area (Å²) in [5.41, 5.74) is -1.17. The first-order chi connectivity index (χ1) is 13.0. The Hall–Kier alpha value is -1.99. The average Bonchev–Trinajstić information content (AvgIpc) is 2.90. The Balaban J connectivity index is 2.46. The van der Waals surface area contributed by atoms with Gasteiger partial charge in [0.2, 0.25) is 0 Å². The first kappa shape index (κ1) is 22.3. The number of carbonyl (C=O) groups excluding carboxylic acids is 3. The van der Waals surface area contributed by atoms with Crippen LogP contribution in [0.25, 0.3) is 0 Å². The lowest BCUT2D eigenvalue weighted by atomic mass is 9.76. The van der Waals surface area contributed by atoms with Crippen LogP contribution in [0.15, 0.2) is 23.8 Å². The van der Waals surface area contributed by atoms with Gasteiger partial charge in [0.15, 0.2) is 5.78 Å². The van der Waals surface area contributed by atoms with Crippen molar-refractivity contribution in [3.63, 3.8) is 0 Å². The molecule has 1 saturated heterocycles. The number of fused-ring (bicyclic) bond motifs is 1. The number of hydrogen-bond donors (Lipinski definition) is 1. The van der Waals surface area contributed by atoms with Crippen molar-refractivity contribution in [3.05, 3.63) is 23.8 Å². The van der Waals surface area contributed by atoms with Gasteiger partial charge < -0.3 is 19.3 Å². The van der Waals surface area contributed by atoms with E-state index in [1.807, 2.05) is 6.92 Å². The zero-order chi connectivity index (χ0) is 21.2. The van der Waals surface area contributed by atoms with Gasteiger partial charge in [0.1, 0.15) is 17.8 Å². The summed E-state index contributed by atoms with van der Waals surface area (Å²) in [6.45, 7) is 10.4. The molecule has 1 aliphatic heterocycles. The largest absolute Gasteiger partial charge is 0.458 e. The lowest BCUT2D eigenvalue weighted by molar-refractivity contribution is -0.159. The Morgan fingerprint density at radius 2 is 2.00 bits per heavy atom. The molecule has 7 heteroatoms. The summed E-state index contributed by atoms with van der Waals surface area (Å²) in [6, 6.07) is 0. The van der Waals surface area contributed by atoms with E-state index in [1.165, 1.54) is 14.0 Å². The first-order valence-electron chi connectivity index (χ1n) is 9.54. The maximum Gasteiger partial charge on any atom is 0.334 e. The van der Waals surface area contributed by atoms with E-state index in [4.69, 9.17) is 14.2 Å². The molecule has 0 unspecified atom stereocenters. The Bertz CT molecular complexity index is 691. The fourth-order valence-corrected chi connectivity index (χ4v) is 3.84. The van der Waals surface area contributed by atoms with Crippen molar-refractivity contribution < 1.29 is 33.7 Å². The molecule has 28 heavy (non-hydrogen) atoms. The minimum atomic E-state index is -1.75. The van der Waals surface area contributed by atoms with E-state index in [9.17, 15) is 19.5 Å². The van der Waals surface area contributed by atoms with Gasteiger partial charge in [0, 0.05) is 31.1 Å². The molecule has 0 amide bonds. The van der Waals surface area contributed by atoms with Gasteiger partial charge in [-0.2, -0.15) is 0 Å². The van der Waals surface area contributed by atoms with Crippen LogP contribution in [-0.4, -0.2) is 53.9 Å². The maximum atomic E-state index is 12.7.